The lowest BCUT2D eigenvalue weighted by molar-refractivity contribution is -0.0612. The molecule has 1 saturated heterocycles. The Labute approximate surface area is 115 Å². The molecule has 0 unspecified atom stereocenters. The fourth-order valence-corrected chi connectivity index (χ4v) is 4.31. The summed E-state index contributed by atoms with van der Waals surface area (Å²) in [6.45, 7) is 1.70. The van der Waals surface area contributed by atoms with Crippen molar-refractivity contribution in [2.45, 2.75) is 51.0 Å². The molecule has 0 atom stereocenters. The molecule has 19 heavy (non-hydrogen) atoms. The molecule has 0 aromatic rings. The zero-order valence-corrected chi connectivity index (χ0v) is 12.3. The van der Waals surface area contributed by atoms with Crippen LogP contribution >= 0.6 is 0 Å². The molecule has 1 aliphatic carbocycles. The standard InChI is InChI=1S/C13H25NO4S/c14-19(15,16)11-13(6-8-17-9-7-13)10-18-12-4-2-1-3-5-12/h12H,1-11H2,(H2,14,15,16). The van der Waals surface area contributed by atoms with Crippen molar-refractivity contribution in [3.05, 3.63) is 0 Å². The highest BCUT2D eigenvalue weighted by molar-refractivity contribution is 7.89. The highest BCUT2D eigenvalue weighted by atomic mass is 32.2. The lowest BCUT2D eigenvalue weighted by atomic mass is 9.83. The summed E-state index contributed by atoms with van der Waals surface area (Å²) >= 11 is 0. The first kappa shape index (κ1) is 15.2. The molecule has 0 spiro atoms. The molecule has 112 valence electrons. The van der Waals surface area contributed by atoms with E-state index in [2.05, 4.69) is 0 Å². The van der Waals surface area contributed by atoms with Crippen molar-refractivity contribution in [2.24, 2.45) is 10.6 Å². The maximum Gasteiger partial charge on any atom is 0.209 e. The van der Waals surface area contributed by atoms with E-state index in [-0.39, 0.29) is 11.2 Å². The van der Waals surface area contributed by atoms with E-state index in [1.54, 1.807) is 0 Å². The van der Waals surface area contributed by atoms with Gasteiger partial charge < -0.3 is 9.47 Å². The lowest BCUT2D eigenvalue weighted by Crippen LogP contribution is -2.43. The van der Waals surface area contributed by atoms with E-state index < -0.39 is 10.0 Å². The van der Waals surface area contributed by atoms with E-state index in [1.165, 1.54) is 19.3 Å². The van der Waals surface area contributed by atoms with Gasteiger partial charge in [-0.05, 0) is 25.7 Å². The molecule has 6 heteroatoms. The van der Waals surface area contributed by atoms with Crippen LogP contribution in [-0.4, -0.2) is 40.1 Å². The van der Waals surface area contributed by atoms with Gasteiger partial charge in [0.2, 0.25) is 10.0 Å². The predicted molar refractivity (Wildman–Crippen MR) is 73.3 cm³/mol. The zero-order valence-electron chi connectivity index (χ0n) is 11.5. The molecule has 5 nitrogen and oxygen atoms in total. The highest BCUT2D eigenvalue weighted by Crippen LogP contribution is 2.33. The monoisotopic (exact) mass is 291 g/mol. The van der Waals surface area contributed by atoms with Gasteiger partial charge in [0.15, 0.2) is 0 Å². The molecule has 2 N–H and O–H groups in total. The Morgan fingerprint density at radius 2 is 1.79 bits per heavy atom. The summed E-state index contributed by atoms with van der Waals surface area (Å²) in [5, 5.41) is 5.24. The number of rotatable bonds is 5. The van der Waals surface area contributed by atoms with E-state index >= 15 is 0 Å². The Morgan fingerprint density at radius 1 is 1.16 bits per heavy atom. The fourth-order valence-electron chi connectivity index (χ4n) is 3.09. The van der Waals surface area contributed by atoms with Crippen LogP contribution in [0, 0.1) is 5.41 Å². The normalized spacial score (nSPS) is 25.3. The number of sulfonamides is 1. The second kappa shape index (κ2) is 6.52. The van der Waals surface area contributed by atoms with Crippen LogP contribution in [0.1, 0.15) is 44.9 Å². The molecule has 0 amide bonds. The van der Waals surface area contributed by atoms with Gasteiger partial charge in [0, 0.05) is 18.6 Å². The molecule has 0 bridgehead atoms. The second-order valence-electron chi connectivity index (χ2n) is 5.99. The predicted octanol–water partition coefficient (Wildman–Crippen LogP) is 1.42. The fraction of sp³-hybridized carbons (Fsp3) is 1.00. The molecule has 0 radical (unpaired) electrons. The quantitative estimate of drug-likeness (QED) is 0.831. The topological polar surface area (TPSA) is 78.6 Å². The Balaban J connectivity index is 1.93. The van der Waals surface area contributed by atoms with E-state index in [0.717, 1.165) is 25.7 Å². The smallest absolute Gasteiger partial charge is 0.209 e. The number of hydrogen-bond acceptors (Lipinski definition) is 4. The third-order valence-electron chi connectivity index (χ3n) is 4.24. The minimum atomic E-state index is -3.47. The largest absolute Gasteiger partial charge is 0.381 e. The second-order valence-corrected chi connectivity index (χ2v) is 7.60. The average molecular weight is 291 g/mol. The van der Waals surface area contributed by atoms with Gasteiger partial charge in [-0.2, -0.15) is 0 Å². The Morgan fingerprint density at radius 3 is 2.37 bits per heavy atom. The minimum Gasteiger partial charge on any atom is -0.381 e. The molecule has 2 fully saturated rings. The first-order chi connectivity index (χ1) is 8.99. The molecule has 1 aliphatic heterocycles. The number of nitrogens with two attached hydrogens (primary N) is 1. The summed E-state index contributed by atoms with van der Waals surface area (Å²) in [5.74, 6) is 0.01000. The summed E-state index contributed by atoms with van der Waals surface area (Å²) in [7, 11) is -3.47. The Bertz CT molecular complexity index is 370. The van der Waals surface area contributed by atoms with Crippen molar-refractivity contribution in [3.8, 4) is 0 Å². The van der Waals surface area contributed by atoms with Crippen LogP contribution in [0.3, 0.4) is 0 Å². The van der Waals surface area contributed by atoms with E-state index in [4.69, 9.17) is 14.6 Å². The van der Waals surface area contributed by atoms with Crippen molar-refractivity contribution in [1.29, 1.82) is 0 Å². The SMILES string of the molecule is NS(=O)(=O)CC1(COC2CCCCC2)CCOCC1. The third kappa shape index (κ3) is 5.02. The Hall–Kier alpha value is -0.170. The maximum absolute atomic E-state index is 11.4. The van der Waals surface area contributed by atoms with Gasteiger partial charge in [0.1, 0.15) is 0 Å². The van der Waals surface area contributed by atoms with Crippen LogP contribution in [0.15, 0.2) is 0 Å². The molecule has 0 aromatic heterocycles. The van der Waals surface area contributed by atoms with Crippen LogP contribution in [0.5, 0.6) is 0 Å². The molecular formula is C13H25NO4S. The van der Waals surface area contributed by atoms with Gasteiger partial charge in [0.25, 0.3) is 0 Å². The Kier molecular flexibility index (Phi) is 5.22. The first-order valence-electron chi connectivity index (χ1n) is 7.19. The van der Waals surface area contributed by atoms with Crippen molar-refractivity contribution in [2.75, 3.05) is 25.6 Å². The van der Waals surface area contributed by atoms with Crippen molar-refractivity contribution in [1.82, 2.24) is 0 Å². The highest BCUT2D eigenvalue weighted by Gasteiger charge is 2.37. The van der Waals surface area contributed by atoms with Crippen LogP contribution < -0.4 is 5.14 Å². The van der Waals surface area contributed by atoms with Crippen LogP contribution in [0.4, 0.5) is 0 Å². The number of hydrogen-bond donors (Lipinski definition) is 1. The summed E-state index contributed by atoms with van der Waals surface area (Å²) < 4.78 is 34.2. The van der Waals surface area contributed by atoms with E-state index in [0.29, 0.717) is 25.9 Å². The maximum atomic E-state index is 11.4. The van der Waals surface area contributed by atoms with Crippen molar-refractivity contribution < 1.29 is 17.9 Å². The van der Waals surface area contributed by atoms with Crippen LogP contribution in [0.25, 0.3) is 0 Å². The van der Waals surface area contributed by atoms with E-state index in [9.17, 15) is 8.42 Å². The molecule has 2 aliphatic rings. The molecular weight excluding hydrogens is 266 g/mol. The number of primary sulfonamides is 1. The average Bonchev–Trinajstić information content (AvgIpc) is 2.37. The minimum absolute atomic E-state index is 0.01000. The van der Waals surface area contributed by atoms with Gasteiger partial charge in [-0.3, -0.25) is 0 Å². The molecule has 0 aromatic carbocycles. The molecule has 1 saturated carbocycles. The van der Waals surface area contributed by atoms with Crippen molar-refractivity contribution in [3.63, 3.8) is 0 Å². The first-order valence-corrected chi connectivity index (χ1v) is 8.91. The molecule has 1 heterocycles. The zero-order chi connectivity index (χ0) is 13.8. The summed E-state index contributed by atoms with van der Waals surface area (Å²) in [6.07, 6.45) is 7.66. The van der Waals surface area contributed by atoms with Gasteiger partial charge >= 0.3 is 0 Å². The van der Waals surface area contributed by atoms with Gasteiger partial charge in [0.05, 0.1) is 18.5 Å². The van der Waals surface area contributed by atoms with Gasteiger partial charge in [-0.15, -0.1) is 0 Å². The third-order valence-corrected chi connectivity index (χ3v) is 5.25. The van der Waals surface area contributed by atoms with Crippen molar-refractivity contribution >= 4 is 10.0 Å². The summed E-state index contributed by atoms with van der Waals surface area (Å²) in [4.78, 5) is 0. The summed E-state index contributed by atoms with van der Waals surface area (Å²) in [6, 6.07) is 0. The van der Waals surface area contributed by atoms with E-state index in [1.807, 2.05) is 0 Å². The van der Waals surface area contributed by atoms with Crippen LogP contribution in [-0.2, 0) is 19.5 Å². The lowest BCUT2D eigenvalue weighted by Gasteiger charge is -2.37. The molecule has 2 rings (SSSR count). The summed E-state index contributed by atoms with van der Waals surface area (Å²) in [5.41, 5.74) is -0.344. The van der Waals surface area contributed by atoms with Gasteiger partial charge in [-0.1, -0.05) is 19.3 Å². The number of ether oxygens (including phenoxy) is 2. The van der Waals surface area contributed by atoms with Crippen LogP contribution in [0.2, 0.25) is 0 Å². The van der Waals surface area contributed by atoms with Gasteiger partial charge in [-0.25, -0.2) is 13.6 Å².